The van der Waals surface area contributed by atoms with Gasteiger partial charge in [0.05, 0.1) is 0 Å². The summed E-state index contributed by atoms with van der Waals surface area (Å²) in [6.07, 6.45) is 5.29. The van der Waals surface area contributed by atoms with E-state index >= 15 is 0 Å². The number of hydrogen-bond acceptors (Lipinski definition) is 1. The zero-order valence-electron chi connectivity index (χ0n) is 8.68. The highest BCUT2D eigenvalue weighted by Gasteiger charge is 2.45. The molecule has 0 spiro atoms. The summed E-state index contributed by atoms with van der Waals surface area (Å²) in [5.41, 5.74) is 0.656. The lowest BCUT2D eigenvalue weighted by molar-refractivity contribution is -0.130. The van der Waals surface area contributed by atoms with Gasteiger partial charge in [-0.15, -0.1) is 0 Å². The third-order valence-corrected chi connectivity index (χ3v) is 3.96. The average Bonchev–Trinajstić information content (AvgIpc) is 2.85. The number of carbonyl (C=O) groups excluding carboxylic acids is 1. The molecule has 1 amide bonds. The number of amides is 1. The van der Waals surface area contributed by atoms with Gasteiger partial charge in [0, 0.05) is 20.0 Å². The van der Waals surface area contributed by atoms with Crippen LogP contribution < -0.4 is 0 Å². The third-order valence-electron chi connectivity index (χ3n) is 3.96. The van der Waals surface area contributed by atoms with Crippen molar-refractivity contribution >= 4 is 5.91 Å². The normalized spacial score (nSPS) is 27.4. The fraction of sp³-hybridized carbons (Fsp3) is 0.909. The Bertz CT molecular complexity index is 212. The van der Waals surface area contributed by atoms with Gasteiger partial charge in [-0.3, -0.25) is 4.79 Å². The summed E-state index contributed by atoms with van der Waals surface area (Å²) in [4.78, 5) is 13.1. The summed E-state index contributed by atoms with van der Waals surface area (Å²) in [7, 11) is 0. The van der Waals surface area contributed by atoms with Crippen LogP contribution >= 0.6 is 0 Å². The largest absolute Gasteiger partial charge is 0.343 e. The molecule has 0 aromatic heterocycles. The molecule has 0 atom stereocenters. The van der Waals surface area contributed by atoms with Gasteiger partial charge in [-0.25, -0.2) is 0 Å². The molecule has 1 aliphatic carbocycles. The zero-order chi connectivity index (χ0) is 9.47. The van der Waals surface area contributed by atoms with Gasteiger partial charge < -0.3 is 4.90 Å². The van der Waals surface area contributed by atoms with Crippen LogP contribution in [-0.4, -0.2) is 23.9 Å². The highest BCUT2D eigenvalue weighted by Crippen LogP contribution is 2.54. The van der Waals surface area contributed by atoms with Crippen molar-refractivity contribution in [1.29, 1.82) is 0 Å². The molecule has 0 aromatic rings. The maximum atomic E-state index is 11.1. The van der Waals surface area contributed by atoms with E-state index < -0.39 is 0 Å². The molecular weight excluding hydrogens is 162 g/mol. The number of carbonyl (C=O) groups is 1. The minimum Gasteiger partial charge on any atom is -0.343 e. The van der Waals surface area contributed by atoms with Crippen molar-refractivity contribution in [2.75, 3.05) is 13.1 Å². The average molecular weight is 181 g/mol. The van der Waals surface area contributed by atoms with Crippen LogP contribution in [0.2, 0.25) is 0 Å². The fourth-order valence-corrected chi connectivity index (χ4v) is 2.50. The molecular formula is C11H19NO. The number of nitrogens with zero attached hydrogens (tertiary/aromatic N) is 1. The van der Waals surface area contributed by atoms with Crippen LogP contribution in [0.3, 0.4) is 0 Å². The standard InChI is InChI=1S/C11H19NO/c1-9(13)12-7-3-10(4-8-12)11(2)5-6-11/h10H,3-8H2,1-2H3. The molecule has 2 heteroatoms. The lowest BCUT2D eigenvalue weighted by Crippen LogP contribution is -2.38. The van der Waals surface area contributed by atoms with Crippen molar-refractivity contribution < 1.29 is 4.79 Å². The van der Waals surface area contributed by atoms with E-state index in [9.17, 15) is 4.79 Å². The van der Waals surface area contributed by atoms with Gasteiger partial charge in [0.25, 0.3) is 0 Å². The van der Waals surface area contributed by atoms with E-state index in [1.807, 2.05) is 4.90 Å². The smallest absolute Gasteiger partial charge is 0.219 e. The molecule has 0 N–H and O–H groups in total. The summed E-state index contributed by atoms with van der Waals surface area (Å²) in [5.74, 6) is 1.14. The summed E-state index contributed by atoms with van der Waals surface area (Å²) in [6.45, 7) is 6.07. The maximum Gasteiger partial charge on any atom is 0.219 e. The van der Waals surface area contributed by atoms with Gasteiger partial charge in [0.1, 0.15) is 0 Å². The molecule has 74 valence electrons. The Hall–Kier alpha value is -0.530. The van der Waals surface area contributed by atoms with Crippen molar-refractivity contribution in [3.63, 3.8) is 0 Å². The molecule has 1 heterocycles. The molecule has 2 fully saturated rings. The molecule has 0 unspecified atom stereocenters. The predicted molar refractivity (Wildman–Crippen MR) is 52.3 cm³/mol. The summed E-state index contributed by atoms with van der Waals surface area (Å²) >= 11 is 0. The van der Waals surface area contributed by atoms with E-state index in [2.05, 4.69) is 6.92 Å². The zero-order valence-corrected chi connectivity index (χ0v) is 8.68. The van der Waals surface area contributed by atoms with Gasteiger partial charge in [0.2, 0.25) is 5.91 Å². The Labute approximate surface area is 80.3 Å². The Balaban J connectivity index is 1.86. The quantitative estimate of drug-likeness (QED) is 0.606. The Kier molecular flexibility index (Phi) is 2.09. The van der Waals surface area contributed by atoms with Gasteiger partial charge in [-0.1, -0.05) is 6.92 Å². The molecule has 1 saturated carbocycles. The van der Waals surface area contributed by atoms with Crippen LogP contribution in [0, 0.1) is 11.3 Å². The van der Waals surface area contributed by atoms with Crippen LogP contribution in [0.25, 0.3) is 0 Å². The first-order valence-electron chi connectivity index (χ1n) is 5.37. The molecule has 0 radical (unpaired) electrons. The minimum absolute atomic E-state index is 0.249. The Morgan fingerprint density at radius 3 is 2.23 bits per heavy atom. The SMILES string of the molecule is CC(=O)N1CCC(C2(C)CC2)CC1. The molecule has 2 aliphatic rings. The second-order valence-electron chi connectivity index (χ2n) is 4.93. The Morgan fingerprint density at radius 1 is 1.31 bits per heavy atom. The van der Waals surface area contributed by atoms with Crippen molar-refractivity contribution in [2.45, 2.75) is 39.5 Å². The lowest BCUT2D eigenvalue weighted by Gasteiger charge is -2.34. The van der Waals surface area contributed by atoms with E-state index in [1.165, 1.54) is 25.7 Å². The number of likely N-dealkylation sites (tertiary alicyclic amines) is 1. The van der Waals surface area contributed by atoms with E-state index in [-0.39, 0.29) is 5.91 Å². The molecule has 1 aliphatic heterocycles. The number of piperidine rings is 1. The summed E-state index contributed by atoms with van der Waals surface area (Å²) in [5, 5.41) is 0. The highest BCUT2D eigenvalue weighted by molar-refractivity contribution is 5.73. The molecule has 0 aromatic carbocycles. The topological polar surface area (TPSA) is 20.3 Å². The van der Waals surface area contributed by atoms with E-state index in [4.69, 9.17) is 0 Å². The van der Waals surface area contributed by atoms with Crippen molar-refractivity contribution in [2.24, 2.45) is 11.3 Å². The number of rotatable bonds is 1. The molecule has 2 rings (SSSR count). The van der Waals surface area contributed by atoms with Crippen molar-refractivity contribution in [3.8, 4) is 0 Å². The van der Waals surface area contributed by atoms with Crippen molar-refractivity contribution in [3.05, 3.63) is 0 Å². The highest BCUT2D eigenvalue weighted by atomic mass is 16.2. The first-order valence-corrected chi connectivity index (χ1v) is 5.37. The lowest BCUT2D eigenvalue weighted by atomic mass is 9.83. The third kappa shape index (κ3) is 1.72. The van der Waals surface area contributed by atoms with Gasteiger partial charge in [0.15, 0.2) is 0 Å². The van der Waals surface area contributed by atoms with Crippen LogP contribution in [0.4, 0.5) is 0 Å². The van der Waals surface area contributed by atoms with E-state index in [0.29, 0.717) is 5.41 Å². The second-order valence-corrected chi connectivity index (χ2v) is 4.93. The van der Waals surface area contributed by atoms with Gasteiger partial charge >= 0.3 is 0 Å². The van der Waals surface area contributed by atoms with Gasteiger partial charge in [-0.2, -0.15) is 0 Å². The van der Waals surface area contributed by atoms with Crippen LogP contribution in [0.1, 0.15) is 39.5 Å². The Morgan fingerprint density at radius 2 is 1.85 bits per heavy atom. The molecule has 1 saturated heterocycles. The first-order chi connectivity index (χ1) is 6.12. The predicted octanol–water partition coefficient (Wildman–Crippen LogP) is 2.04. The summed E-state index contributed by atoms with van der Waals surface area (Å²) in [6, 6.07) is 0. The maximum absolute atomic E-state index is 11.1. The minimum atomic E-state index is 0.249. The monoisotopic (exact) mass is 181 g/mol. The van der Waals surface area contributed by atoms with E-state index in [1.54, 1.807) is 6.92 Å². The van der Waals surface area contributed by atoms with Crippen LogP contribution in [-0.2, 0) is 4.79 Å². The number of hydrogen-bond donors (Lipinski definition) is 0. The second kappa shape index (κ2) is 3.00. The molecule has 13 heavy (non-hydrogen) atoms. The summed E-state index contributed by atoms with van der Waals surface area (Å²) < 4.78 is 0. The van der Waals surface area contributed by atoms with Crippen LogP contribution in [0.5, 0.6) is 0 Å². The molecule has 2 nitrogen and oxygen atoms in total. The van der Waals surface area contributed by atoms with Crippen molar-refractivity contribution in [1.82, 2.24) is 4.90 Å². The first kappa shape index (κ1) is 9.04. The van der Waals surface area contributed by atoms with Gasteiger partial charge in [-0.05, 0) is 37.0 Å². The van der Waals surface area contributed by atoms with Crippen LogP contribution in [0.15, 0.2) is 0 Å². The molecule has 0 bridgehead atoms. The van der Waals surface area contributed by atoms with E-state index in [0.717, 1.165) is 19.0 Å². The fourth-order valence-electron chi connectivity index (χ4n) is 2.50.